The number of methoxy groups -OCH3 is 1. The quantitative estimate of drug-likeness (QED) is 0.563. The minimum atomic E-state index is -0.524. The van der Waals surface area contributed by atoms with Gasteiger partial charge in [-0.15, -0.1) is 0 Å². The van der Waals surface area contributed by atoms with Crippen LogP contribution in [0.2, 0.25) is 0 Å². The summed E-state index contributed by atoms with van der Waals surface area (Å²) in [5.74, 6) is -0.166. The summed E-state index contributed by atoms with van der Waals surface area (Å²) < 4.78 is 10.6. The van der Waals surface area contributed by atoms with Gasteiger partial charge >= 0.3 is 5.97 Å². The zero-order valence-electron chi connectivity index (χ0n) is 14.6. The molecule has 132 valence electrons. The first-order chi connectivity index (χ1) is 12.5. The van der Waals surface area contributed by atoms with E-state index in [1.54, 1.807) is 26.2 Å². The lowest BCUT2D eigenvalue weighted by Crippen LogP contribution is -2.16. The van der Waals surface area contributed by atoms with Gasteiger partial charge in [0.25, 0.3) is 0 Å². The Morgan fingerprint density at radius 1 is 0.885 bits per heavy atom. The van der Waals surface area contributed by atoms with Crippen LogP contribution in [0.3, 0.4) is 0 Å². The monoisotopic (exact) mass is 349 g/mol. The van der Waals surface area contributed by atoms with Gasteiger partial charge in [-0.25, -0.2) is 0 Å². The number of rotatable bonds is 5. The van der Waals surface area contributed by atoms with E-state index in [2.05, 4.69) is 0 Å². The van der Waals surface area contributed by atoms with Crippen molar-refractivity contribution in [2.45, 2.75) is 12.8 Å². The molecule has 5 heteroatoms. The van der Waals surface area contributed by atoms with Crippen molar-refractivity contribution in [3.8, 4) is 11.5 Å². The van der Waals surface area contributed by atoms with Crippen LogP contribution >= 0.6 is 0 Å². The molecule has 0 radical (unpaired) electrons. The van der Waals surface area contributed by atoms with Crippen LogP contribution in [0.25, 0.3) is 10.8 Å². The molecule has 0 spiro atoms. The Morgan fingerprint density at radius 3 is 2.15 bits per heavy atom. The first-order valence-corrected chi connectivity index (χ1v) is 8.17. The molecule has 26 heavy (non-hydrogen) atoms. The number of carbonyl (C=O) groups excluding carboxylic acids is 2. The normalized spacial score (nSPS) is 11.8. The van der Waals surface area contributed by atoms with Gasteiger partial charge in [0.15, 0.2) is 0 Å². The average Bonchev–Trinajstić information content (AvgIpc) is 2.66. The van der Waals surface area contributed by atoms with Crippen molar-refractivity contribution in [2.24, 2.45) is 5.73 Å². The zero-order valence-corrected chi connectivity index (χ0v) is 14.6. The first kappa shape index (κ1) is 17.5. The van der Waals surface area contributed by atoms with Crippen LogP contribution in [0.15, 0.2) is 60.7 Å². The average molecular weight is 349 g/mol. The Hall–Kier alpha value is -3.34. The summed E-state index contributed by atoms with van der Waals surface area (Å²) in [7, 11) is 1.63. The molecule has 1 atom stereocenters. The summed E-state index contributed by atoms with van der Waals surface area (Å²) >= 11 is 0. The van der Waals surface area contributed by atoms with Gasteiger partial charge in [0.05, 0.1) is 13.0 Å². The molecule has 0 saturated heterocycles. The van der Waals surface area contributed by atoms with Crippen LogP contribution in [0, 0.1) is 0 Å². The molecule has 0 bridgehead atoms. The maximum absolute atomic E-state index is 12.4. The highest BCUT2D eigenvalue weighted by atomic mass is 16.5. The summed E-state index contributed by atoms with van der Waals surface area (Å²) in [6, 6.07) is 17.8. The van der Waals surface area contributed by atoms with E-state index in [1.807, 2.05) is 36.4 Å². The molecule has 1 amide bonds. The first-order valence-electron chi connectivity index (χ1n) is 8.17. The van der Waals surface area contributed by atoms with Crippen molar-refractivity contribution in [3.63, 3.8) is 0 Å². The Bertz CT molecular complexity index is 963. The molecule has 0 aliphatic rings. The van der Waals surface area contributed by atoms with Gasteiger partial charge in [-0.2, -0.15) is 0 Å². The van der Waals surface area contributed by atoms with Gasteiger partial charge in [0, 0.05) is 5.56 Å². The number of benzene rings is 3. The number of hydrogen-bond donors (Lipinski definition) is 1. The molecule has 3 aromatic rings. The highest BCUT2D eigenvalue weighted by Crippen LogP contribution is 2.26. The Morgan fingerprint density at radius 2 is 1.50 bits per heavy atom. The Labute approximate surface area is 151 Å². The van der Waals surface area contributed by atoms with Gasteiger partial charge in [-0.3, -0.25) is 9.59 Å². The smallest absolute Gasteiger partial charge is 0.318 e. The van der Waals surface area contributed by atoms with Crippen LogP contribution in [0.4, 0.5) is 0 Å². The van der Waals surface area contributed by atoms with Crippen molar-refractivity contribution in [3.05, 3.63) is 71.8 Å². The number of amides is 1. The van der Waals surface area contributed by atoms with Gasteiger partial charge < -0.3 is 15.2 Å². The lowest BCUT2D eigenvalue weighted by atomic mass is 9.98. The predicted molar refractivity (Wildman–Crippen MR) is 99.5 cm³/mol. The Balaban J connectivity index is 1.77. The van der Waals surface area contributed by atoms with Crippen LogP contribution in [0.1, 0.15) is 28.8 Å². The van der Waals surface area contributed by atoms with Crippen molar-refractivity contribution < 1.29 is 19.1 Å². The third-order valence-corrected chi connectivity index (χ3v) is 4.28. The standard InChI is InChI=1S/C21H19NO4/c1-13(21(24)26-18-8-5-14(6-9-18)20(22)23)15-3-4-17-12-19(25-2)10-7-16(17)11-15/h3-13H,1-2H3,(H2,22,23). The number of esters is 1. The number of fused-ring (bicyclic) bond motifs is 1. The minimum Gasteiger partial charge on any atom is -0.497 e. The number of hydrogen-bond acceptors (Lipinski definition) is 4. The number of carbonyl (C=O) groups is 2. The zero-order chi connectivity index (χ0) is 18.7. The van der Waals surface area contributed by atoms with E-state index in [0.717, 1.165) is 22.1 Å². The lowest BCUT2D eigenvalue weighted by molar-refractivity contribution is -0.135. The summed E-state index contributed by atoms with van der Waals surface area (Å²) in [5, 5.41) is 2.06. The van der Waals surface area contributed by atoms with E-state index in [4.69, 9.17) is 15.2 Å². The fourth-order valence-corrected chi connectivity index (χ4v) is 2.67. The summed E-state index contributed by atoms with van der Waals surface area (Å²) in [6.45, 7) is 1.80. The van der Waals surface area contributed by atoms with E-state index in [9.17, 15) is 9.59 Å². The molecular weight excluding hydrogens is 330 g/mol. The molecule has 0 heterocycles. The fourth-order valence-electron chi connectivity index (χ4n) is 2.67. The van der Waals surface area contributed by atoms with E-state index >= 15 is 0 Å². The molecule has 1 unspecified atom stereocenters. The van der Waals surface area contributed by atoms with Crippen LogP contribution < -0.4 is 15.2 Å². The summed E-state index contributed by atoms with van der Waals surface area (Å²) in [6.07, 6.45) is 0. The highest BCUT2D eigenvalue weighted by Gasteiger charge is 2.18. The topological polar surface area (TPSA) is 78.6 Å². The number of primary amides is 1. The predicted octanol–water partition coefficient (Wildman–Crippen LogP) is 3.66. The molecule has 5 nitrogen and oxygen atoms in total. The van der Waals surface area contributed by atoms with Gasteiger partial charge in [-0.05, 0) is 59.7 Å². The highest BCUT2D eigenvalue weighted by molar-refractivity contribution is 5.93. The molecule has 0 aliphatic carbocycles. The van der Waals surface area contributed by atoms with Gasteiger partial charge in [-0.1, -0.05) is 24.3 Å². The van der Waals surface area contributed by atoms with Gasteiger partial charge in [0.1, 0.15) is 11.5 Å². The van der Waals surface area contributed by atoms with Crippen LogP contribution in [-0.4, -0.2) is 19.0 Å². The SMILES string of the molecule is COc1ccc2cc(C(C)C(=O)Oc3ccc(C(N)=O)cc3)ccc2c1. The summed E-state index contributed by atoms with van der Waals surface area (Å²) in [5.41, 5.74) is 6.42. The fraction of sp³-hybridized carbons (Fsp3) is 0.143. The van der Waals surface area contributed by atoms with E-state index in [-0.39, 0.29) is 5.97 Å². The molecule has 0 saturated carbocycles. The largest absolute Gasteiger partial charge is 0.497 e. The second-order valence-corrected chi connectivity index (χ2v) is 6.00. The molecule has 3 rings (SSSR count). The molecule has 0 aromatic heterocycles. The lowest BCUT2D eigenvalue weighted by Gasteiger charge is -2.13. The summed E-state index contributed by atoms with van der Waals surface area (Å²) in [4.78, 5) is 23.5. The van der Waals surface area contributed by atoms with E-state index in [1.165, 1.54) is 12.1 Å². The van der Waals surface area contributed by atoms with Crippen molar-refractivity contribution in [2.75, 3.05) is 7.11 Å². The minimum absolute atomic E-state index is 0.364. The van der Waals surface area contributed by atoms with Crippen molar-refractivity contribution in [1.82, 2.24) is 0 Å². The van der Waals surface area contributed by atoms with Crippen LogP contribution in [0.5, 0.6) is 11.5 Å². The third-order valence-electron chi connectivity index (χ3n) is 4.28. The number of nitrogens with two attached hydrogens (primary N) is 1. The Kier molecular flexibility index (Phi) is 4.89. The molecule has 3 aromatic carbocycles. The molecule has 0 fully saturated rings. The van der Waals surface area contributed by atoms with Crippen molar-refractivity contribution in [1.29, 1.82) is 0 Å². The maximum atomic E-state index is 12.4. The maximum Gasteiger partial charge on any atom is 0.318 e. The molecular formula is C21H19NO4. The molecule has 2 N–H and O–H groups in total. The van der Waals surface area contributed by atoms with E-state index < -0.39 is 11.8 Å². The van der Waals surface area contributed by atoms with Crippen LogP contribution in [-0.2, 0) is 4.79 Å². The van der Waals surface area contributed by atoms with E-state index in [0.29, 0.717) is 11.3 Å². The second-order valence-electron chi connectivity index (χ2n) is 6.00. The number of ether oxygens (including phenoxy) is 2. The van der Waals surface area contributed by atoms with Crippen molar-refractivity contribution >= 4 is 22.6 Å². The van der Waals surface area contributed by atoms with Gasteiger partial charge in [0.2, 0.25) is 5.91 Å². The molecule has 0 aliphatic heterocycles. The second kappa shape index (κ2) is 7.27. The third kappa shape index (κ3) is 3.67.